The SMILES string of the molecule is CCCN(CCC)C(=O)CNc1ccc(C(=O)OCC)cc1. The van der Waals surface area contributed by atoms with Crippen molar-refractivity contribution in [2.24, 2.45) is 0 Å². The van der Waals surface area contributed by atoms with E-state index in [9.17, 15) is 9.59 Å². The van der Waals surface area contributed by atoms with Crippen LogP contribution in [0.15, 0.2) is 24.3 Å². The minimum absolute atomic E-state index is 0.0955. The second-order valence-corrected chi connectivity index (χ2v) is 5.03. The molecule has 0 atom stereocenters. The maximum absolute atomic E-state index is 12.1. The van der Waals surface area contributed by atoms with Crippen LogP contribution in [0.1, 0.15) is 44.0 Å². The number of hydrogen-bond acceptors (Lipinski definition) is 4. The van der Waals surface area contributed by atoms with Crippen molar-refractivity contribution in [3.05, 3.63) is 29.8 Å². The van der Waals surface area contributed by atoms with Gasteiger partial charge in [0, 0.05) is 18.8 Å². The van der Waals surface area contributed by atoms with E-state index < -0.39 is 0 Å². The van der Waals surface area contributed by atoms with Gasteiger partial charge in [0.05, 0.1) is 18.7 Å². The quantitative estimate of drug-likeness (QED) is 0.713. The van der Waals surface area contributed by atoms with E-state index in [2.05, 4.69) is 19.2 Å². The predicted octanol–water partition coefficient (Wildman–Crippen LogP) is 2.92. The third kappa shape index (κ3) is 5.76. The number of hydrogen-bond donors (Lipinski definition) is 1. The molecule has 0 heterocycles. The first-order valence-electron chi connectivity index (χ1n) is 7.91. The average molecular weight is 306 g/mol. The lowest BCUT2D eigenvalue weighted by Gasteiger charge is -2.21. The van der Waals surface area contributed by atoms with Crippen molar-refractivity contribution in [3.8, 4) is 0 Å². The molecule has 5 nitrogen and oxygen atoms in total. The molecule has 1 rings (SSSR count). The van der Waals surface area contributed by atoms with Crippen LogP contribution in [0.25, 0.3) is 0 Å². The van der Waals surface area contributed by atoms with Gasteiger partial charge in [0.15, 0.2) is 0 Å². The van der Waals surface area contributed by atoms with Crippen molar-refractivity contribution in [2.45, 2.75) is 33.6 Å². The van der Waals surface area contributed by atoms with Crippen LogP contribution in [0.4, 0.5) is 5.69 Å². The first-order valence-corrected chi connectivity index (χ1v) is 7.91. The van der Waals surface area contributed by atoms with Gasteiger partial charge in [-0.15, -0.1) is 0 Å². The molecule has 1 N–H and O–H groups in total. The summed E-state index contributed by atoms with van der Waals surface area (Å²) in [5.41, 5.74) is 1.33. The van der Waals surface area contributed by atoms with Gasteiger partial charge in [-0.1, -0.05) is 13.8 Å². The van der Waals surface area contributed by atoms with Crippen molar-refractivity contribution in [1.29, 1.82) is 0 Å². The van der Waals surface area contributed by atoms with Gasteiger partial charge < -0.3 is 15.0 Å². The zero-order chi connectivity index (χ0) is 16.4. The van der Waals surface area contributed by atoms with E-state index in [1.165, 1.54) is 0 Å². The van der Waals surface area contributed by atoms with Crippen LogP contribution in [0.2, 0.25) is 0 Å². The van der Waals surface area contributed by atoms with Gasteiger partial charge in [0.2, 0.25) is 5.91 Å². The molecule has 0 aliphatic heterocycles. The normalized spacial score (nSPS) is 10.1. The standard InChI is InChI=1S/C17H26N2O3/c1-4-11-19(12-5-2)16(20)13-18-15-9-7-14(8-10-15)17(21)22-6-3/h7-10,18H,4-6,11-13H2,1-3H3. The fraction of sp³-hybridized carbons (Fsp3) is 0.529. The van der Waals surface area contributed by atoms with E-state index in [1.807, 2.05) is 4.90 Å². The van der Waals surface area contributed by atoms with Crippen LogP contribution >= 0.6 is 0 Å². The summed E-state index contributed by atoms with van der Waals surface area (Å²) in [6.45, 7) is 8.11. The lowest BCUT2D eigenvalue weighted by molar-refractivity contribution is -0.129. The molecule has 122 valence electrons. The van der Waals surface area contributed by atoms with E-state index in [1.54, 1.807) is 31.2 Å². The van der Waals surface area contributed by atoms with Crippen molar-refractivity contribution in [2.75, 3.05) is 31.6 Å². The topological polar surface area (TPSA) is 58.6 Å². The maximum atomic E-state index is 12.1. The lowest BCUT2D eigenvalue weighted by atomic mass is 10.2. The number of carbonyl (C=O) groups is 2. The Morgan fingerprint density at radius 2 is 1.64 bits per heavy atom. The molecule has 0 unspecified atom stereocenters. The average Bonchev–Trinajstić information content (AvgIpc) is 2.53. The number of carbonyl (C=O) groups excluding carboxylic acids is 2. The molecule has 5 heteroatoms. The molecule has 0 saturated carbocycles. The third-order valence-electron chi connectivity index (χ3n) is 3.18. The summed E-state index contributed by atoms with van der Waals surface area (Å²) in [6, 6.07) is 6.95. The molecule has 0 fully saturated rings. The summed E-state index contributed by atoms with van der Waals surface area (Å²) >= 11 is 0. The molecule has 0 radical (unpaired) electrons. The summed E-state index contributed by atoms with van der Waals surface area (Å²) in [7, 11) is 0. The van der Waals surface area contributed by atoms with Crippen LogP contribution in [0, 0.1) is 0 Å². The van der Waals surface area contributed by atoms with Crippen molar-refractivity contribution < 1.29 is 14.3 Å². The van der Waals surface area contributed by atoms with Gasteiger partial charge in [0.1, 0.15) is 0 Å². The molecular weight excluding hydrogens is 280 g/mol. The third-order valence-corrected chi connectivity index (χ3v) is 3.18. The van der Waals surface area contributed by atoms with E-state index in [-0.39, 0.29) is 18.4 Å². The second kappa shape index (κ2) is 9.82. The Hall–Kier alpha value is -2.04. The number of amides is 1. The number of ether oxygens (including phenoxy) is 1. The molecule has 1 aromatic rings. The summed E-state index contributed by atoms with van der Waals surface area (Å²) < 4.78 is 4.93. The monoisotopic (exact) mass is 306 g/mol. The minimum atomic E-state index is -0.331. The van der Waals surface area contributed by atoms with Gasteiger partial charge in [-0.3, -0.25) is 4.79 Å². The largest absolute Gasteiger partial charge is 0.462 e. The highest BCUT2D eigenvalue weighted by atomic mass is 16.5. The van der Waals surface area contributed by atoms with Gasteiger partial charge in [-0.05, 0) is 44.0 Å². The maximum Gasteiger partial charge on any atom is 0.338 e. The molecule has 1 aromatic carbocycles. The Kier molecular flexibility index (Phi) is 8.04. The van der Waals surface area contributed by atoms with E-state index >= 15 is 0 Å². The molecule has 22 heavy (non-hydrogen) atoms. The van der Waals surface area contributed by atoms with Crippen LogP contribution < -0.4 is 5.32 Å². The fourth-order valence-electron chi connectivity index (χ4n) is 2.13. The Morgan fingerprint density at radius 1 is 1.05 bits per heavy atom. The molecule has 0 aliphatic rings. The van der Waals surface area contributed by atoms with Crippen LogP contribution in [-0.2, 0) is 9.53 Å². The predicted molar refractivity (Wildman–Crippen MR) is 88.1 cm³/mol. The minimum Gasteiger partial charge on any atom is -0.462 e. The van der Waals surface area contributed by atoms with Crippen LogP contribution in [-0.4, -0.2) is 43.0 Å². The molecule has 1 amide bonds. The van der Waals surface area contributed by atoms with Gasteiger partial charge >= 0.3 is 5.97 Å². The van der Waals surface area contributed by atoms with E-state index in [0.717, 1.165) is 31.6 Å². The number of anilines is 1. The van der Waals surface area contributed by atoms with E-state index in [4.69, 9.17) is 4.74 Å². The summed E-state index contributed by atoms with van der Waals surface area (Å²) in [4.78, 5) is 25.6. The van der Waals surface area contributed by atoms with Crippen molar-refractivity contribution >= 4 is 17.6 Å². The summed E-state index contributed by atoms with van der Waals surface area (Å²) in [5.74, 6) is -0.236. The lowest BCUT2D eigenvalue weighted by Crippen LogP contribution is -2.36. The van der Waals surface area contributed by atoms with Gasteiger partial charge in [-0.2, -0.15) is 0 Å². The van der Waals surface area contributed by atoms with Crippen molar-refractivity contribution in [3.63, 3.8) is 0 Å². The Labute approximate surface area is 132 Å². The number of nitrogens with zero attached hydrogens (tertiary/aromatic N) is 1. The smallest absolute Gasteiger partial charge is 0.338 e. The zero-order valence-electron chi connectivity index (χ0n) is 13.7. The highest BCUT2D eigenvalue weighted by molar-refractivity contribution is 5.90. The zero-order valence-corrected chi connectivity index (χ0v) is 13.7. The number of nitrogens with one attached hydrogen (secondary N) is 1. The Balaban J connectivity index is 2.53. The second-order valence-electron chi connectivity index (χ2n) is 5.03. The number of benzene rings is 1. The molecule has 0 spiro atoms. The van der Waals surface area contributed by atoms with Gasteiger partial charge in [-0.25, -0.2) is 4.79 Å². The number of rotatable bonds is 9. The fourth-order valence-corrected chi connectivity index (χ4v) is 2.13. The Morgan fingerprint density at radius 3 is 2.14 bits per heavy atom. The molecule has 0 aliphatic carbocycles. The van der Waals surface area contributed by atoms with Crippen molar-refractivity contribution in [1.82, 2.24) is 4.90 Å². The van der Waals surface area contributed by atoms with Gasteiger partial charge in [0.25, 0.3) is 0 Å². The molecule has 0 bridgehead atoms. The van der Waals surface area contributed by atoms with E-state index in [0.29, 0.717) is 12.2 Å². The summed E-state index contributed by atoms with van der Waals surface area (Å²) in [6.07, 6.45) is 1.92. The first-order chi connectivity index (χ1) is 10.6. The van der Waals surface area contributed by atoms with Crippen LogP contribution in [0.5, 0.6) is 0 Å². The number of esters is 1. The summed E-state index contributed by atoms with van der Waals surface area (Å²) in [5, 5.41) is 3.10. The van der Waals surface area contributed by atoms with Crippen LogP contribution in [0.3, 0.4) is 0 Å². The highest BCUT2D eigenvalue weighted by Gasteiger charge is 2.11. The molecule has 0 aromatic heterocycles. The highest BCUT2D eigenvalue weighted by Crippen LogP contribution is 2.10. The first kappa shape index (κ1) is 18.0. The molecule has 0 saturated heterocycles. The molecular formula is C17H26N2O3. The Bertz CT molecular complexity index is 465.